The number of carbonyl (C=O) groups is 3. The number of aromatic carboxylic acids is 1. The molecule has 0 amide bonds. The Labute approximate surface area is 112 Å². The first-order valence-electron chi connectivity index (χ1n) is 5.49. The predicted molar refractivity (Wildman–Crippen MR) is 66.4 cm³/mol. The Balaban J connectivity index is 2.79. The fourth-order valence-electron chi connectivity index (χ4n) is 1.78. The molecule has 0 aliphatic rings. The Morgan fingerprint density at radius 2 is 2.00 bits per heavy atom. The lowest BCUT2D eigenvalue weighted by Crippen LogP contribution is -2.05. The van der Waals surface area contributed by atoms with Crippen molar-refractivity contribution in [3.05, 3.63) is 23.5 Å². The zero-order valence-corrected chi connectivity index (χ0v) is 10.6. The summed E-state index contributed by atoms with van der Waals surface area (Å²) in [5.74, 6) is -2.32. The number of ether oxygens (including phenoxy) is 2. The van der Waals surface area contributed by atoms with Crippen LogP contribution in [-0.4, -0.2) is 30.4 Å². The van der Waals surface area contributed by atoms with Crippen LogP contribution in [0.4, 0.5) is 0 Å². The number of furan rings is 1. The Morgan fingerprint density at radius 3 is 2.50 bits per heavy atom. The maximum absolute atomic E-state index is 11.1. The topological polar surface area (TPSA) is 103 Å². The number of carboxylic acid groups (broad SMARTS) is 1. The zero-order valence-electron chi connectivity index (χ0n) is 10.6. The predicted octanol–water partition coefficient (Wildman–Crippen LogP) is 1.88. The fraction of sp³-hybridized carbons (Fsp3) is 0.154. The summed E-state index contributed by atoms with van der Waals surface area (Å²) in [6.07, 6.45) is 0.480. The lowest BCUT2D eigenvalue weighted by Gasteiger charge is -2.10. The summed E-state index contributed by atoms with van der Waals surface area (Å²) in [6, 6.07) is 2.61. The van der Waals surface area contributed by atoms with Crippen LogP contribution >= 0.6 is 0 Å². The summed E-state index contributed by atoms with van der Waals surface area (Å²) in [6.45, 7) is 1.17. The van der Waals surface area contributed by atoms with Crippen LogP contribution in [-0.2, 0) is 4.79 Å². The van der Waals surface area contributed by atoms with Crippen molar-refractivity contribution in [1.29, 1.82) is 0 Å². The van der Waals surface area contributed by atoms with Crippen LogP contribution in [0.25, 0.3) is 11.0 Å². The smallest absolute Gasteiger partial charge is 0.371 e. The molecule has 0 atom stereocenters. The van der Waals surface area contributed by atoms with Gasteiger partial charge in [0.25, 0.3) is 0 Å². The third-order valence-electron chi connectivity index (χ3n) is 2.53. The third-order valence-corrected chi connectivity index (χ3v) is 2.53. The second kappa shape index (κ2) is 5.04. The monoisotopic (exact) mass is 278 g/mol. The first-order chi connectivity index (χ1) is 9.47. The lowest BCUT2D eigenvalue weighted by atomic mass is 10.1. The van der Waals surface area contributed by atoms with Gasteiger partial charge in [0.15, 0.2) is 17.6 Å². The van der Waals surface area contributed by atoms with Crippen molar-refractivity contribution in [1.82, 2.24) is 0 Å². The molecule has 1 heterocycles. The minimum atomic E-state index is -1.26. The number of hydrogen-bond donors (Lipinski definition) is 1. The van der Waals surface area contributed by atoms with Gasteiger partial charge in [0.2, 0.25) is 11.5 Å². The van der Waals surface area contributed by atoms with E-state index < -0.39 is 11.9 Å². The molecule has 0 saturated carbocycles. The normalized spacial score (nSPS) is 10.3. The fourth-order valence-corrected chi connectivity index (χ4v) is 1.78. The first-order valence-corrected chi connectivity index (χ1v) is 5.49. The first kappa shape index (κ1) is 13.6. The Morgan fingerprint density at radius 1 is 1.30 bits per heavy atom. The van der Waals surface area contributed by atoms with Crippen LogP contribution < -0.4 is 9.47 Å². The number of carboxylic acids is 1. The zero-order chi connectivity index (χ0) is 14.9. The van der Waals surface area contributed by atoms with E-state index in [2.05, 4.69) is 0 Å². The van der Waals surface area contributed by atoms with Crippen molar-refractivity contribution in [2.75, 3.05) is 7.11 Å². The molecule has 0 unspecified atom stereocenters. The van der Waals surface area contributed by atoms with Gasteiger partial charge in [0.05, 0.1) is 12.7 Å². The van der Waals surface area contributed by atoms with Gasteiger partial charge in [-0.05, 0) is 12.1 Å². The molecule has 0 saturated heterocycles. The molecule has 104 valence electrons. The van der Waals surface area contributed by atoms with E-state index in [1.165, 1.54) is 26.2 Å². The summed E-state index contributed by atoms with van der Waals surface area (Å²) < 4.78 is 15.1. The van der Waals surface area contributed by atoms with Crippen molar-refractivity contribution in [3.63, 3.8) is 0 Å². The van der Waals surface area contributed by atoms with E-state index in [1.807, 2.05) is 0 Å². The molecule has 1 N–H and O–H groups in total. The Hall–Kier alpha value is -2.83. The maximum atomic E-state index is 11.1. The second-order valence-electron chi connectivity index (χ2n) is 3.87. The molecule has 7 nitrogen and oxygen atoms in total. The minimum absolute atomic E-state index is 0.00713. The maximum Gasteiger partial charge on any atom is 0.371 e. The van der Waals surface area contributed by atoms with Gasteiger partial charge in [-0.3, -0.25) is 9.59 Å². The quantitative estimate of drug-likeness (QED) is 0.517. The van der Waals surface area contributed by atoms with Crippen LogP contribution in [0.2, 0.25) is 0 Å². The molecule has 0 bridgehead atoms. The molecule has 2 aromatic rings. The van der Waals surface area contributed by atoms with E-state index in [0.717, 1.165) is 0 Å². The third kappa shape index (κ3) is 2.20. The molecule has 7 heteroatoms. The van der Waals surface area contributed by atoms with Gasteiger partial charge in [-0.1, -0.05) is 0 Å². The van der Waals surface area contributed by atoms with Gasteiger partial charge in [0.1, 0.15) is 0 Å². The minimum Gasteiger partial charge on any atom is -0.490 e. The van der Waals surface area contributed by atoms with Gasteiger partial charge >= 0.3 is 11.9 Å². The number of esters is 1. The summed E-state index contributed by atoms with van der Waals surface area (Å²) in [4.78, 5) is 33.0. The molecular weight excluding hydrogens is 268 g/mol. The van der Waals surface area contributed by atoms with Crippen molar-refractivity contribution >= 4 is 29.2 Å². The highest BCUT2D eigenvalue weighted by Crippen LogP contribution is 2.40. The molecule has 0 radical (unpaired) electrons. The highest BCUT2D eigenvalue weighted by molar-refractivity contribution is 5.99. The summed E-state index contributed by atoms with van der Waals surface area (Å²) >= 11 is 0. The van der Waals surface area contributed by atoms with E-state index in [9.17, 15) is 14.4 Å². The van der Waals surface area contributed by atoms with Crippen molar-refractivity contribution in [3.8, 4) is 11.5 Å². The number of benzene rings is 1. The van der Waals surface area contributed by atoms with Gasteiger partial charge < -0.3 is 19.0 Å². The van der Waals surface area contributed by atoms with Gasteiger partial charge in [-0.2, -0.15) is 0 Å². The van der Waals surface area contributed by atoms with E-state index in [4.69, 9.17) is 19.0 Å². The van der Waals surface area contributed by atoms with Crippen molar-refractivity contribution in [2.24, 2.45) is 0 Å². The standard InChI is InChI=1S/C13H10O7/c1-6(15)19-11-8(5-14)3-7-4-9(13(16)17)20-10(7)12(11)18-2/h3-5H,1-2H3,(H,16,17). The van der Waals surface area contributed by atoms with Crippen LogP contribution in [0.15, 0.2) is 16.5 Å². The second-order valence-corrected chi connectivity index (χ2v) is 3.87. The molecule has 0 spiro atoms. The van der Waals surface area contributed by atoms with E-state index in [-0.39, 0.29) is 28.4 Å². The SMILES string of the molecule is COc1c(OC(C)=O)c(C=O)cc2cc(C(=O)O)oc12. The molecule has 0 fully saturated rings. The van der Waals surface area contributed by atoms with Crippen LogP contribution in [0.1, 0.15) is 27.8 Å². The number of hydrogen-bond acceptors (Lipinski definition) is 6. The van der Waals surface area contributed by atoms with E-state index in [1.54, 1.807) is 0 Å². The highest BCUT2D eigenvalue weighted by atomic mass is 16.6. The van der Waals surface area contributed by atoms with Gasteiger partial charge in [-0.25, -0.2) is 4.79 Å². The number of carbonyl (C=O) groups excluding carboxylic acids is 2. The largest absolute Gasteiger partial charge is 0.490 e. The lowest BCUT2D eigenvalue weighted by molar-refractivity contribution is -0.132. The van der Waals surface area contributed by atoms with Gasteiger partial charge in [0, 0.05) is 12.3 Å². The van der Waals surface area contributed by atoms with Crippen LogP contribution in [0.3, 0.4) is 0 Å². The average Bonchev–Trinajstić information content (AvgIpc) is 2.81. The molecule has 0 aliphatic heterocycles. The number of rotatable bonds is 4. The van der Waals surface area contributed by atoms with Crippen molar-refractivity contribution < 1.29 is 33.4 Å². The average molecular weight is 278 g/mol. The molecular formula is C13H10O7. The van der Waals surface area contributed by atoms with Crippen molar-refractivity contribution in [2.45, 2.75) is 6.92 Å². The molecule has 0 aliphatic carbocycles. The van der Waals surface area contributed by atoms with Gasteiger partial charge in [-0.15, -0.1) is 0 Å². The summed E-state index contributed by atoms with van der Waals surface area (Å²) in [7, 11) is 1.29. The van der Waals surface area contributed by atoms with E-state index in [0.29, 0.717) is 11.7 Å². The highest BCUT2D eigenvalue weighted by Gasteiger charge is 2.22. The summed E-state index contributed by atoms with van der Waals surface area (Å²) in [5, 5.41) is 9.26. The Bertz CT molecular complexity index is 711. The molecule has 1 aromatic carbocycles. The molecule has 1 aromatic heterocycles. The Kier molecular flexibility index (Phi) is 3.43. The molecule has 2 rings (SSSR count). The number of methoxy groups -OCH3 is 1. The summed E-state index contributed by atoms with van der Waals surface area (Å²) in [5.41, 5.74) is 0.147. The van der Waals surface area contributed by atoms with E-state index >= 15 is 0 Å². The van der Waals surface area contributed by atoms with Crippen LogP contribution in [0.5, 0.6) is 11.5 Å². The number of fused-ring (bicyclic) bond motifs is 1. The number of aldehydes is 1. The molecule has 20 heavy (non-hydrogen) atoms. The van der Waals surface area contributed by atoms with Crippen LogP contribution in [0, 0.1) is 0 Å².